The van der Waals surface area contributed by atoms with Crippen molar-refractivity contribution in [3.05, 3.63) is 71.3 Å². The second kappa shape index (κ2) is 8.86. The Balaban J connectivity index is 1.83. The lowest BCUT2D eigenvalue weighted by Gasteiger charge is -2.40. The Morgan fingerprint density at radius 2 is 1.78 bits per heavy atom. The van der Waals surface area contributed by atoms with Gasteiger partial charge in [-0.05, 0) is 61.4 Å². The maximum atomic E-state index is 12.8. The Morgan fingerprint density at radius 3 is 2.37 bits per heavy atom. The number of nitrogens with zero attached hydrogens (tertiary/aromatic N) is 1. The number of hydrogen-bond acceptors (Lipinski definition) is 3. The lowest BCUT2D eigenvalue weighted by molar-refractivity contribution is -0.0498. The summed E-state index contributed by atoms with van der Waals surface area (Å²) in [4.78, 5) is 12.8. The molecule has 0 bridgehead atoms. The monoisotopic (exact) mass is 361 g/mol. The molecule has 0 spiro atoms. The average molecular weight is 361 g/mol. The third-order valence-corrected chi connectivity index (χ3v) is 5.72. The summed E-state index contributed by atoms with van der Waals surface area (Å²) < 4.78 is 6.16. The molecule has 1 saturated carbocycles. The first kappa shape index (κ1) is 19.2. The molecule has 1 aliphatic rings. The first-order valence-electron chi connectivity index (χ1n) is 9.96. The molecule has 0 saturated heterocycles. The number of ether oxygens (including phenoxy) is 1. The minimum Gasteiger partial charge on any atom is -0.451 e. The first-order valence-corrected chi connectivity index (χ1v) is 9.96. The normalized spacial score (nSPS) is 22.0. The van der Waals surface area contributed by atoms with Gasteiger partial charge in [0.05, 0.1) is 17.2 Å². The average Bonchev–Trinajstić information content (AvgIpc) is 2.74. The van der Waals surface area contributed by atoms with E-state index in [0.717, 1.165) is 31.2 Å². The van der Waals surface area contributed by atoms with E-state index in [1.807, 2.05) is 42.5 Å². The minimum absolute atomic E-state index is 0.271. The van der Waals surface area contributed by atoms with Crippen LogP contribution in [0.4, 0.5) is 0 Å². The van der Waals surface area contributed by atoms with Gasteiger partial charge in [0.15, 0.2) is 0 Å². The smallest absolute Gasteiger partial charge is 0.339 e. The Labute approximate surface area is 162 Å². The van der Waals surface area contributed by atoms with Crippen LogP contribution in [0.15, 0.2) is 54.6 Å². The van der Waals surface area contributed by atoms with Crippen molar-refractivity contribution in [1.29, 1.82) is 5.26 Å². The van der Waals surface area contributed by atoms with Gasteiger partial charge in [0, 0.05) is 0 Å². The van der Waals surface area contributed by atoms with Crippen LogP contribution in [0.2, 0.25) is 0 Å². The summed E-state index contributed by atoms with van der Waals surface area (Å²) >= 11 is 0. The van der Waals surface area contributed by atoms with Crippen molar-refractivity contribution in [3.8, 4) is 6.07 Å². The second-order valence-corrected chi connectivity index (χ2v) is 7.52. The molecule has 3 nitrogen and oxygen atoms in total. The van der Waals surface area contributed by atoms with E-state index in [1.165, 1.54) is 19.3 Å². The fourth-order valence-electron chi connectivity index (χ4n) is 4.03. The highest BCUT2D eigenvalue weighted by Crippen LogP contribution is 2.44. The van der Waals surface area contributed by atoms with Gasteiger partial charge in [0.25, 0.3) is 0 Å². The molecule has 2 aromatic rings. The summed E-state index contributed by atoms with van der Waals surface area (Å²) in [7, 11) is 0. The first-order chi connectivity index (χ1) is 13.2. The summed E-state index contributed by atoms with van der Waals surface area (Å²) in [6, 6.07) is 18.9. The number of esters is 1. The third-order valence-electron chi connectivity index (χ3n) is 5.72. The summed E-state index contributed by atoms with van der Waals surface area (Å²) in [6.45, 7) is 2.23. The van der Waals surface area contributed by atoms with E-state index in [4.69, 9.17) is 10.00 Å². The molecule has 3 rings (SSSR count). The van der Waals surface area contributed by atoms with Crippen LogP contribution in [0.25, 0.3) is 0 Å². The predicted octanol–water partition coefficient (Wildman–Crippen LogP) is 5.99. The van der Waals surface area contributed by atoms with Crippen molar-refractivity contribution in [2.75, 3.05) is 0 Å². The number of rotatable bonds is 6. The lowest BCUT2D eigenvalue weighted by atomic mass is 9.73. The molecular weight excluding hydrogens is 334 g/mol. The van der Waals surface area contributed by atoms with Crippen molar-refractivity contribution in [2.24, 2.45) is 5.92 Å². The maximum absolute atomic E-state index is 12.8. The molecule has 1 aliphatic carbocycles. The molecule has 1 fully saturated rings. The molecule has 0 aromatic heterocycles. The molecule has 0 atom stereocenters. The Hall–Kier alpha value is -2.60. The molecule has 0 N–H and O–H groups in total. The maximum Gasteiger partial charge on any atom is 0.339 e. The third kappa shape index (κ3) is 4.57. The Bertz CT molecular complexity index is 781. The molecule has 0 heterocycles. The summed E-state index contributed by atoms with van der Waals surface area (Å²) in [5.41, 5.74) is 1.61. The number of carbonyl (C=O) groups excluding carboxylic acids is 1. The van der Waals surface area contributed by atoms with Crippen LogP contribution in [0.5, 0.6) is 0 Å². The van der Waals surface area contributed by atoms with Gasteiger partial charge in [-0.3, -0.25) is 0 Å². The van der Waals surface area contributed by atoms with Gasteiger partial charge in [-0.2, -0.15) is 5.26 Å². The second-order valence-electron chi connectivity index (χ2n) is 7.52. The molecule has 0 unspecified atom stereocenters. The van der Waals surface area contributed by atoms with Gasteiger partial charge in [-0.25, -0.2) is 4.79 Å². The van der Waals surface area contributed by atoms with Gasteiger partial charge in [-0.15, -0.1) is 0 Å². The van der Waals surface area contributed by atoms with Gasteiger partial charge < -0.3 is 4.74 Å². The minimum atomic E-state index is -0.594. The van der Waals surface area contributed by atoms with Crippen LogP contribution in [0, 0.1) is 17.2 Å². The Morgan fingerprint density at radius 1 is 1.11 bits per heavy atom. The quantitative estimate of drug-likeness (QED) is 0.594. The zero-order valence-electron chi connectivity index (χ0n) is 16.0. The van der Waals surface area contributed by atoms with Crippen molar-refractivity contribution in [3.63, 3.8) is 0 Å². The predicted molar refractivity (Wildman–Crippen MR) is 106 cm³/mol. The van der Waals surface area contributed by atoms with Gasteiger partial charge in [0.2, 0.25) is 0 Å². The van der Waals surface area contributed by atoms with Gasteiger partial charge in [-0.1, -0.05) is 56.5 Å². The van der Waals surface area contributed by atoms with Crippen LogP contribution < -0.4 is 0 Å². The Kier molecular flexibility index (Phi) is 6.29. The van der Waals surface area contributed by atoms with E-state index in [-0.39, 0.29) is 5.97 Å². The highest BCUT2D eigenvalue weighted by atomic mass is 16.6. The van der Waals surface area contributed by atoms with E-state index >= 15 is 0 Å². The van der Waals surface area contributed by atoms with E-state index in [1.54, 1.807) is 12.1 Å². The number of unbranched alkanes of at least 4 members (excludes halogenated alkanes) is 1. The highest BCUT2D eigenvalue weighted by Gasteiger charge is 2.40. The summed E-state index contributed by atoms with van der Waals surface area (Å²) in [5, 5.41) is 9.08. The molecule has 27 heavy (non-hydrogen) atoms. The van der Waals surface area contributed by atoms with Gasteiger partial charge in [0.1, 0.15) is 5.60 Å². The standard InChI is InChI=1S/C24H27NO2/c1-2-3-7-19-14-16-24(17-15-19,22-12-10-20(18-25)11-13-22)27-23(26)21-8-5-4-6-9-21/h4-6,8-13,19H,2-3,7,14-17H2,1H3/t19-,24-. The van der Waals surface area contributed by atoms with Crippen molar-refractivity contribution >= 4 is 5.97 Å². The van der Waals surface area contributed by atoms with Gasteiger partial charge >= 0.3 is 5.97 Å². The van der Waals surface area contributed by atoms with Crippen molar-refractivity contribution in [1.82, 2.24) is 0 Å². The molecular formula is C24H27NO2. The molecule has 3 heteroatoms. The largest absolute Gasteiger partial charge is 0.451 e. The zero-order chi connectivity index (χ0) is 19.1. The van der Waals surface area contributed by atoms with E-state index in [9.17, 15) is 4.79 Å². The topological polar surface area (TPSA) is 50.1 Å². The number of nitriles is 1. The van der Waals surface area contributed by atoms with Crippen LogP contribution in [-0.2, 0) is 10.3 Å². The summed E-state index contributed by atoms with van der Waals surface area (Å²) in [6.07, 6.45) is 7.56. The summed E-state index contributed by atoms with van der Waals surface area (Å²) in [5.74, 6) is 0.443. The van der Waals surface area contributed by atoms with Crippen LogP contribution >= 0.6 is 0 Å². The van der Waals surface area contributed by atoms with E-state index < -0.39 is 5.60 Å². The molecule has 0 amide bonds. The van der Waals surface area contributed by atoms with Crippen LogP contribution in [0.1, 0.15) is 73.4 Å². The SMILES string of the molecule is CCCC[C@H]1CC[C@@](OC(=O)c2ccccc2)(c2ccc(C#N)cc2)CC1. The number of carbonyl (C=O) groups is 1. The van der Waals surface area contributed by atoms with E-state index in [2.05, 4.69) is 13.0 Å². The zero-order valence-corrected chi connectivity index (χ0v) is 16.0. The molecule has 140 valence electrons. The molecule has 0 radical (unpaired) electrons. The van der Waals surface area contributed by atoms with Crippen molar-refractivity contribution < 1.29 is 9.53 Å². The van der Waals surface area contributed by atoms with Crippen molar-refractivity contribution in [2.45, 2.75) is 57.5 Å². The van der Waals surface area contributed by atoms with Crippen LogP contribution in [-0.4, -0.2) is 5.97 Å². The number of hydrogen-bond donors (Lipinski definition) is 0. The molecule has 2 aromatic carbocycles. The molecule has 0 aliphatic heterocycles. The van der Waals surface area contributed by atoms with E-state index in [0.29, 0.717) is 17.0 Å². The fourth-order valence-corrected chi connectivity index (χ4v) is 4.03. The number of benzene rings is 2. The lowest BCUT2D eigenvalue weighted by Crippen LogP contribution is -2.37. The highest BCUT2D eigenvalue weighted by molar-refractivity contribution is 5.89. The van der Waals surface area contributed by atoms with Crippen LogP contribution in [0.3, 0.4) is 0 Å². The fraction of sp³-hybridized carbons (Fsp3) is 0.417.